The zero-order chi connectivity index (χ0) is 22.0. The van der Waals surface area contributed by atoms with Gasteiger partial charge in [0.2, 0.25) is 0 Å². The summed E-state index contributed by atoms with van der Waals surface area (Å²) in [6.45, 7) is 4.02. The van der Waals surface area contributed by atoms with Gasteiger partial charge in [-0.1, -0.05) is 6.08 Å². The number of rotatable bonds is 5. The molecule has 0 aliphatic heterocycles. The monoisotopic (exact) mass is 421 g/mol. The summed E-state index contributed by atoms with van der Waals surface area (Å²) >= 11 is 0. The summed E-state index contributed by atoms with van der Waals surface area (Å²) in [4.78, 5) is 21.0. The lowest BCUT2D eigenvalue weighted by atomic mass is 9.91. The van der Waals surface area contributed by atoms with Crippen molar-refractivity contribution in [2.75, 3.05) is 10.6 Å². The van der Waals surface area contributed by atoms with E-state index in [1.807, 2.05) is 26.0 Å². The van der Waals surface area contributed by atoms with Gasteiger partial charge in [0.1, 0.15) is 11.5 Å². The second-order valence-electron chi connectivity index (χ2n) is 8.18. The number of fused-ring (bicyclic) bond motifs is 1. The predicted octanol–water partition coefficient (Wildman–Crippen LogP) is 5.06. The van der Waals surface area contributed by atoms with Crippen molar-refractivity contribution in [1.82, 2.24) is 9.97 Å². The summed E-state index contributed by atoms with van der Waals surface area (Å²) in [5.74, 6) is -0.639. The Balaban J connectivity index is 1.71. The van der Waals surface area contributed by atoms with Crippen LogP contribution in [0, 0.1) is 5.82 Å². The Labute approximate surface area is 181 Å². The minimum absolute atomic E-state index is 0.240. The highest BCUT2D eigenvalue weighted by molar-refractivity contribution is 6.12. The molecular formula is C24H28FN5O. The highest BCUT2D eigenvalue weighted by atomic mass is 19.1. The number of halogens is 1. The Morgan fingerprint density at radius 1 is 1.23 bits per heavy atom. The minimum atomic E-state index is -0.349. The Kier molecular flexibility index (Phi) is 6.04. The molecule has 1 saturated carbocycles. The van der Waals surface area contributed by atoms with Crippen LogP contribution in [0.4, 0.5) is 15.8 Å². The number of carbonyl (C=O) groups is 1. The van der Waals surface area contributed by atoms with Gasteiger partial charge in [0.25, 0.3) is 5.91 Å². The van der Waals surface area contributed by atoms with E-state index in [2.05, 4.69) is 20.6 Å². The van der Waals surface area contributed by atoms with Crippen LogP contribution in [0.2, 0.25) is 0 Å². The molecule has 1 aliphatic carbocycles. The summed E-state index contributed by atoms with van der Waals surface area (Å²) in [7, 11) is 0. The van der Waals surface area contributed by atoms with Gasteiger partial charge in [0, 0.05) is 35.0 Å². The van der Waals surface area contributed by atoms with E-state index in [0.29, 0.717) is 11.3 Å². The average Bonchev–Trinajstić information content (AvgIpc) is 3.21. The topological polar surface area (TPSA) is 95.8 Å². The largest absolute Gasteiger partial charge is 0.381 e. The van der Waals surface area contributed by atoms with E-state index in [4.69, 9.17) is 5.73 Å². The normalized spacial score (nSPS) is 19.4. The number of pyridine rings is 1. The molecule has 2 heterocycles. The Morgan fingerprint density at radius 2 is 1.94 bits per heavy atom. The number of carbonyl (C=O) groups excluding carboxylic acids is 1. The molecule has 1 aromatic carbocycles. The number of nitrogens with zero attached hydrogens (tertiary/aromatic N) is 1. The molecule has 5 N–H and O–H groups in total. The number of aromatic nitrogens is 2. The third-order valence-electron chi connectivity index (χ3n) is 5.98. The van der Waals surface area contributed by atoms with Gasteiger partial charge in [-0.3, -0.25) is 4.79 Å². The Bertz CT molecular complexity index is 1110. The van der Waals surface area contributed by atoms with Gasteiger partial charge < -0.3 is 21.4 Å². The first kappa shape index (κ1) is 21.1. The van der Waals surface area contributed by atoms with E-state index in [0.717, 1.165) is 53.7 Å². The number of H-pyrrole nitrogens is 1. The van der Waals surface area contributed by atoms with Crippen molar-refractivity contribution < 1.29 is 9.18 Å². The molecule has 0 atom stereocenters. The molecule has 31 heavy (non-hydrogen) atoms. The minimum Gasteiger partial charge on any atom is -0.381 e. The fourth-order valence-corrected chi connectivity index (χ4v) is 3.97. The Morgan fingerprint density at radius 3 is 2.61 bits per heavy atom. The maximum Gasteiger partial charge on any atom is 0.259 e. The van der Waals surface area contributed by atoms with Gasteiger partial charge in [-0.2, -0.15) is 0 Å². The van der Waals surface area contributed by atoms with Crippen molar-refractivity contribution in [2.24, 2.45) is 5.73 Å². The summed E-state index contributed by atoms with van der Waals surface area (Å²) in [5.41, 5.74) is 10.6. The lowest BCUT2D eigenvalue weighted by molar-refractivity contribution is 0.102. The van der Waals surface area contributed by atoms with Crippen molar-refractivity contribution in [2.45, 2.75) is 51.6 Å². The molecule has 3 aromatic rings. The number of nitrogens with one attached hydrogen (secondary N) is 3. The van der Waals surface area contributed by atoms with Gasteiger partial charge in [-0.15, -0.1) is 0 Å². The van der Waals surface area contributed by atoms with Crippen molar-refractivity contribution >= 4 is 33.9 Å². The van der Waals surface area contributed by atoms with Crippen molar-refractivity contribution in [3.8, 4) is 0 Å². The van der Waals surface area contributed by atoms with Gasteiger partial charge in [0.15, 0.2) is 0 Å². The van der Waals surface area contributed by atoms with Crippen LogP contribution in [0.1, 0.15) is 55.6 Å². The fourth-order valence-electron chi connectivity index (χ4n) is 3.97. The molecule has 2 aromatic heterocycles. The predicted molar refractivity (Wildman–Crippen MR) is 124 cm³/mol. The molecule has 6 nitrogen and oxygen atoms in total. The van der Waals surface area contributed by atoms with Gasteiger partial charge in [0.05, 0.1) is 11.3 Å². The third kappa shape index (κ3) is 4.61. The van der Waals surface area contributed by atoms with E-state index in [1.54, 1.807) is 18.3 Å². The van der Waals surface area contributed by atoms with Gasteiger partial charge >= 0.3 is 0 Å². The van der Waals surface area contributed by atoms with Gasteiger partial charge in [-0.05, 0) is 75.4 Å². The molecule has 7 heteroatoms. The number of anilines is 2. The molecule has 0 bridgehead atoms. The zero-order valence-electron chi connectivity index (χ0n) is 17.8. The van der Waals surface area contributed by atoms with Crippen molar-refractivity contribution in [3.05, 3.63) is 59.7 Å². The number of nitrogens with two attached hydrogens (primary N) is 1. The number of amides is 1. The molecule has 4 rings (SSSR count). The van der Waals surface area contributed by atoms with Crippen LogP contribution in [0.3, 0.4) is 0 Å². The quantitative estimate of drug-likeness (QED) is 0.463. The van der Waals surface area contributed by atoms with E-state index in [9.17, 15) is 9.18 Å². The Hall–Kier alpha value is -3.19. The average molecular weight is 422 g/mol. The first-order valence-electron chi connectivity index (χ1n) is 10.7. The van der Waals surface area contributed by atoms with Crippen molar-refractivity contribution in [3.63, 3.8) is 0 Å². The maximum atomic E-state index is 13.2. The van der Waals surface area contributed by atoms with Gasteiger partial charge in [-0.25, -0.2) is 9.37 Å². The molecule has 0 radical (unpaired) electrons. The molecule has 1 amide bonds. The van der Waals surface area contributed by atoms with Crippen LogP contribution in [-0.2, 0) is 0 Å². The van der Waals surface area contributed by atoms with E-state index in [1.165, 1.54) is 12.1 Å². The highest BCUT2D eigenvalue weighted by Gasteiger charge is 2.23. The smallest absolute Gasteiger partial charge is 0.259 e. The molecule has 162 valence electrons. The maximum absolute atomic E-state index is 13.2. The lowest BCUT2D eigenvalue weighted by Crippen LogP contribution is -2.33. The van der Waals surface area contributed by atoms with Crippen LogP contribution in [0.15, 0.2) is 42.6 Å². The number of hydrogen-bond acceptors (Lipinski definition) is 4. The number of benzene rings is 1. The second-order valence-corrected chi connectivity index (χ2v) is 8.18. The van der Waals surface area contributed by atoms with Crippen molar-refractivity contribution in [1.29, 1.82) is 0 Å². The molecule has 0 unspecified atom stereocenters. The van der Waals surface area contributed by atoms with Crippen LogP contribution in [0.25, 0.3) is 16.6 Å². The van der Waals surface area contributed by atoms with E-state index < -0.39 is 0 Å². The number of hydrogen-bond donors (Lipinski definition) is 4. The SMILES string of the molecule is C/C=C(\C)c1cc2c(NC3CCC(N)CC3)c(C(=O)Nc3ccc(F)cc3)cnc2[nH]1. The van der Waals surface area contributed by atoms with Crippen LogP contribution >= 0.6 is 0 Å². The summed E-state index contributed by atoms with van der Waals surface area (Å²) < 4.78 is 13.2. The van der Waals surface area contributed by atoms with E-state index in [-0.39, 0.29) is 23.8 Å². The standard InChI is InChI=1S/C24H28FN5O/c1-3-14(2)21-12-19-22(28-17-10-6-16(26)7-11-17)20(13-27-23(19)30-21)24(31)29-18-8-4-15(25)5-9-18/h3-5,8-9,12-13,16-17H,6-7,10-11,26H2,1-2H3,(H,29,31)(H2,27,28,30)/b14-3+. The number of aromatic amines is 1. The summed E-state index contributed by atoms with van der Waals surface area (Å²) in [6.07, 6.45) is 7.44. The zero-order valence-corrected chi connectivity index (χ0v) is 17.8. The molecule has 0 saturated heterocycles. The molecule has 1 fully saturated rings. The summed E-state index contributed by atoms with van der Waals surface area (Å²) in [5, 5.41) is 7.32. The molecule has 1 aliphatic rings. The second kappa shape index (κ2) is 8.89. The first-order chi connectivity index (χ1) is 14.9. The first-order valence-corrected chi connectivity index (χ1v) is 10.7. The molecule has 0 spiro atoms. The number of allylic oxidation sites excluding steroid dienone is 2. The van der Waals surface area contributed by atoms with Crippen LogP contribution in [0.5, 0.6) is 0 Å². The van der Waals surface area contributed by atoms with E-state index >= 15 is 0 Å². The summed E-state index contributed by atoms with van der Waals surface area (Å²) in [6, 6.07) is 8.23. The molecular weight excluding hydrogens is 393 g/mol. The highest BCUT2D eigenvalue weighted by Crippen LogP contribution is 2.32. The fraction of sp³-hybridized carbons (Fsp3) is 0.333. The third-order valence-corrected chi connectivity index (χ3v) is 5.98. The van der Waals surface area contributed by atoms with Crippen LogP contribution < -0.4 is 16.4 Å². The lowest BCUT2D eigenvalue weighted by Gasteiger charge is -2.28. The van der Waals surface area contributed by atoms with Crippen LogP contribution in [-0.4, -0.2) is 28.0 Å².